The number of sulfonamides is 1. The molecule has 3 aromatic rings. The summed E-state index contributed by atoms with van der Waals surface area (Å²) < 4.78 is 24.6. The Hall–Kier alpha value is -2.03. The molecule has 0 atom stereocenters. The summed E-state index contributed by atoms with van der Waals surface area (Å²) in [6.45, 7) is 2.24. The second-order valence-electron chi connectivity index (χ2n) is 4.96. The Kier molecular flexibility index (Phi) is 3.59. The van der Waals surface area contributed by atoms with Crippen molar-refractivity contribution in [1.82, 2.24) is 9.55 Å². The van der Waals surface area contributed by atoms with Crippen LogP contribution >= 0.6 is 11.3 Å². The van der Waals surface area contributed by atoms with E-state index in [0.717, 1.165) is 16.6 Å². The second-order valence-corrected chi connectivity index (χ2v) is 7.40. The van der Waals surface area contributed by atoms with Crippen molar-refractivity contribution >= 4 is 31.6 Å². The van der Waals surface area contributed by atoms with E-state index in [-0.39, 0.29) is 10.5 Å². The largest absolute Gasteiger partial charge is 0.294 e. The number of hydrogen-bond acceptors (Lipinski definition) is 5. The highest BCUT2D eigenvalue weighted by molar-refractivity contribution is 7.89. The second kappa shape index (κ2) is 5.31. The van der Waals surface area contributed by atoms with E-state index < -0.39 is 10.0 Å². The summed E-state index contributed by atoms with van der Waals surface area (Å²) in [4.78, 5) is 16.7. The molecule has 2 aromatic heterocycles. The lowest BCUT2D eigenvalue weighted by molar-refractivity contribution is 0.597. The quantitative estimate of drug-likeness (QED) is 0.784. The van der Waals surface area contributed by atoms with Crippen LogP contribution in [0.3, 0.4) is 0 Å². The van der Waals surface area contributed by atoms with E-state index in [1.165, 1.54) is 34.4 Å². The van der Waals surface area contributed by atoms with Crippen LogP contribution in [0, 0.1) is 6.92 Å². The van der Waals surface area contributed by atoms with Crippen molar-refractivity contribution in [3.63, 3.8) is 0 Å². The van der Waals surface area contributed by atoms with Crippen molar-refractivity contribution in [2.45, 2.75) is 18.4 Å². The molecule has 0 radical (unpaired) electrons. The van der Waals surface area contributed by atoms with Crippen molar-refractivity contribution in [3.8, 4) is 0 Å². The molecular formula is C14H13N3O3S2. The number of fused-ring (bicyclic) bond motifs is 1. The molecule has 0 unspecified atom stereocenters. The molecule has 114 valence electrons. The minimum atomic E-state index is -3.71. The fourth-order valence-electron chi connectivity index (χ4n) is 2.15. The predicted octanol–water partition coefficient (Wildman–Crippen LogP) is 1.46. The van der Waals surface area contributed by atoms with Gasteiger partial charge in [-0.2, -0.15) is 0 Å². The Labute approximate surface area is 130 Å². The van der Waals surface area contributed by atoms with E-state index in [9.17, 15) is 13.2 Å². The number of aromatic nitrogens is 2. The molecule has 0 amide bonds. The van der Waals surface area contributed by atoms with Gasteiger partial charge in [0, 0.05) is 0 Å². The SMILES string of the molecule is Cc1csc2c(=O)n(Cc3ccc(S(N)(=O)=O)cc3)cnc12. The van der Waals surface area contributed by atoms with E-state index >= 15 is 0 Å². The molecule has 6 nitrogen and oxygen atoms in total. The van der Waals surface area contributed by atoms with Gasteiger partial charge in [-0.3, -0.25) is 9.36 Å². The first-order valence-electron chi connectivity index (χ1n) is 6.41. The van der Waals surface area contributed by atoms with E-state index in [4.69, 9.17) is 5.14 Å². The van der Waals surface area contributed by atoms with Gasteiger partial charge in [-0.05, 0) is 35.6 Å². The summed E-state index contributed by atoms with van der Waals surface area (Å²) >= 11 is 1.38. The molecule has 0 saturated carbocycles. The summed E-state index contributed by atoms with van der Waals surface area (Å²) in [6.07, 6.45) is 1.51. The number of nitrogens with zero attached hydrogens (tertiary/aromatic N) is 2. The highest BCUT2D eigenvalue weighted by atomic mass is 32.2. The molecule has 0 fully saturated rings. The van der Waals surface area contributed by atoms with Gasteiger partial charge in [0.05, 0.1) is 23.3 Å². The van der Waals surface area contributed by atoms with Crippen molar-refractivity contribution in [2.75, 3.05) is 0 Å². The van der Waals surface area contributed by atoms with Crippen LogP contribution in [0.5, 0.6) is 0 Å². The monoisotopic (exact) mass is 335 g/mol. The molecule has 0 spiro atoms. The molecule has 0 aliphatic rings. The number of nitrogens with two attached hydrogens (primary N) is 1. The maximum Gasteiger partial charge on any atom is 0.271 e. The molecule has 2 heterocycles. The molecule has 2 N–H and O–H groups in total. The van der Waals surface area contributed by atoms with E-state index in [1.54, 1.807) is 12.1 Å². The maximum atomic E-state index is 12.4. The standard InChI is InChI=1S/C14H13N3O3S2/c1-9-7-21-13-12(9)16-8-17(14(13)18)6-10-2-4-11(5-3-10)22(15,19)20/h2-5,7-8H,6H2,1H3,(H2,15,19,20). The van der Waals surface area contributed by atoms with Gasteiger partial charge in [-0.15, -0.1) is 11.3 Å². The Morgan fingerprint density at radius 1 is 1.27 bits per heavy atom. The van der Waals surface area contributed by atoms with Crippen LogP contribution in [0.15, 0.2) is 45.7 Å². The van der Waals surface area contributed by atoms with Crippen molar-refractivity contribution < 1.29 is 8.42 Å². The lowest BCUT2D eigenvalue weighted by atomic mass is 10.2. The molecule has 0 saturated heterocycles. The normalized spacial score (nSPS) is 11.9. The zero-order valence-corrected chi connectivity index (χ0v) is 13.3. The van der Waals surface area contributed by atoms with Gasteiger partial charge in [-0.25, -0.2) is 18.5 Å². The third kappa shape index (κ3) is 2.68. The van der Waals surface area contributed by atoms with E-state index in [1.807, 2.05) is 12.3 Å². The Bertz CT molecular complexity index is 1000. The smallest absolute Gasteiger partial charge is 0.271 e. The Balaban J connectivity index is 1.96. The molecule has 1 aromatic carbocycles. The van der Waals surface area contributed by atoms with Crippen LogP contribution in [-0.4, -0.2) is 18.0 Å². The molecule has 3 rings (SSSR count). The first-order valence-corrected chi connectivity index (χ1v) is 8.84. The molecular weight excluding hydrogens is 322 g/mol. The average molecular weight is 335 g/mol. The van der Waals surface area contributed by atoms with Gasteiger partial charge < -0.3 is 0 Å². The lowest BCUT2D eigenvalue weighted by Gasteiger charge is -2.06. The first-order chi connectivity index (χ1) is 10.4. The number of thiophene rings is 1. The number of rotatable bonds is 3. The van der Waals surface area contributed by atoms with Crippen LogP contribution in [0.4, 0.5) is 0 Å². The summed E-state index contributed by atoms with van der Waals surface area (Å²) in [7, 11) is -3.71. The van der Waals surface area contributed by atoms with Gasteiger partial charge in [0.25, 0.3) is 5.56 Å². The molecule has 8 heteroatoms. The minimum absolute atomic E-state index is 0.0473. The summed E-state index contributed by atoms with van der Waals surface area (Å²) in [5.41, 5.74) is 2.42. The molecule has 0 aliphatic carbocycles. The highest BCUT2D eigenvalue weighted by Crippen LogP contribution is 2.19. The summed E-state index contributed by atoms with van der Waals surface area (Å²) in [6, 6.07) is 6.13. The van der Waals surface area contributed by atoms with E-state index in [0.29, 0.717) is 11.2 Å². The lowest BCUT2D eigenvalue weighted by Crippen LogP contribution is -2.20. The fraction of sp³-hybridized carbons (Fsp3) is 0.143. The first kappa shape index (κ1) is 14.9. The third-order valence-corrected chi connectivity index (χ3v) is 5.33. The zero-order valence-electron chi connectivity index (χ0n) is 11.7. The number of primary sulfonamides is 1. The van der Waals surface area contributed by atoms with Gasteiger partial charge in [0.1, 0.15) is 4.70 Å². The van der Waals surface area contributed by atoms with Gasteiger partial charge >= 0.3 is 0 Å². The minimum Gasteiger partial charge on any atom is -0.294 e. The highest BCUT2D eigenvalue weighted by Gasteiger charge is 2.10. The third-order valence-electron chi connectivity index (χ3n) is 3.33. The van der Waals surface area contributed by atoms with Gasteiger partial charge in [0.2, 0.25) is 10.0 Å². The Morgan fingerprint density at radius 3 is 2.59 bits per heavy atom. The topological polar surface area (TPSA) is 95.0 Å². The summed E-state index contributed by atoms with van der Waals surface area (Å²) in [5.74, 6) is 0. The maximum absolute atomic E-state index is 12.4. The van der Waals surface area contributed by atoms with Crippen LogP contribution in [0.2, 0.25) is 0 Å². The molecule has 22 heavy (non-hydrogen) atoms. The van der Waals surface area contributed by atoms with Gasteiger partial charge in [0.15, 0.2) is 0 Å². The average Bonchev–Trinajstić information content (AvgIpc) is 2.84. The van der Waals surface area contributed by atoms with Gasteiger partial charge in [-0.1, -0.05) is 12.1 Å². The van der Waals surface area contributed by atoms with Crippen LogP contribution < -0.4 is 10.7 Å². The van der Waals surface area contributed by atoms with Crippen molar-refractivity contribution in [2.24, 2.45) is 5.14 Å². The fourth-order valence-corrected chi connectivity index (χ4v) is 3.62. The number of benzene rings is 1. The zero-order chi connectivity index (χ0) is 15.9. The van der Waals surface area contributed by atoms with E-state index in [2.05, 4.69) is 4.98 Å². The molecule has 0 aliphatic heterocycles. The van der Waals surface area contributed by atoms with Crippen molar-refractivity contribution in [1.29, 1.82) is 0 Å². The predicted molar refractivity (Wildman–Crippen MR) is 85.5 cm³/mol. The number of hydrogen-bond donors (Lipinski definition) is 1. The Morgan fingerprint density at radius 2 is 1.95 bits per heavy atom. The summed E-state index contributed by atoms with van der Waals surface area (Å²) in [5, 5.41) is 6.96. The van der Waals surface area contributed by atoms with Crippen molar-refractivity contribution in [3.05, 3.63) is 57.5 Å². The number of aryl methyl sites for hydroxylation is 1. The van der Waals surface area contributed by atoms with Crippen LogP contribution in [0.25, 0.3) is 10.2 Å². The van der Waals surface area contributed by atoms with Crippen LogP contribution in [-0.2, 0) is 16.6 Å². The van der Waals surface area contributed by atoms with Crippen LogP contribution in [0.1, 0.15) is 11.1 Å². The molecule has 0 bridgehead atoms.